The number of nitrogens with zero attached hydrogens (tertiary/aromatic N) is 2. The summed E-state index contributed by atoms with van der Waals surface area (Å²) in [5, 5.41) is 5.95. The quantitative estimate of drug-likeness (QED) is 0.705. The molecule has 1 N–H and O–H groups in total. The van der Waals surface area contributed by atoms with E-state index < -0.39 is 23.3 Å². The molecule has 28 heavy (non-hydrogen) atoms. The number of benzene rings is 2. The van der Waals surface area contributed by atoms with Gasteiger partial charge in [0.05, 0.1) is 12.7 Å². The maximum absolute atomic E-state index is 13.2. The van der Waals surface area contributed by atoms with Crippen LogP contribution in [0.5, 0.6) is 5.75 Å². The van der Waals surface area contributed by atoms with E-state index in [4.69, 9.17) is 4.74 Å². The van der Waals surface area contributed by atoms with E-state index in [9.17, 15) is 18.0 Å². The number of anilines is 1. The first-order valence-electron chi connectivity index (χ1n) is 8.37. The highest BCUT2D eigenvalue weighted by atomic mass is 19.4. The van der Waals surface area contributed by atoms with Crippen molar-refractivity contribution in [1.29, 1.82) is 0 Å². The highest BCUT2D eigenvalue weighted by Gasteiger charge is 2.39. The summed E-state index contributed by atoms with van der Waals surface area (Å²) in [5.41, 5.74) is 1.03. The van der Waals surface area contributed by atoms with Gasteiger partial charge < -0.3 is 10.1 Å². The van der Waals surface area contributed by atoms with Crippen LogP contribution in [0, 0.1) is 6.92 Å². The fraction of sp³-hybridized carbons (Fsp3) is 0.200. The first-order valence-corrected chi connectivity index (χ1v) is 8.37. The Morgan fingerprint density at radius 1 is 1.18 bits per heavy atom. The maximum atomic E-state index is 13.2. The Balaban J connectivity index is 1.97. The van der Waals surface area contributed by atoms with Crippen LogP contribution < -0.4 is 10.1 Å². The molecular formula is C20H18F3N3O2. The summed E-state index contributed by atoms with van der Waals surface area (Å²) in [5.74, 6) is -0.159. The molecular weight excluding hydrogens is 371 g/mol. The van der Waals surface area contributed by atoms with Gasteiger partial charge in [0.15, 0.2) is 5.69 Å². The van der Waals surface area contributed by atoms with Crippen LogP contribution in [0.3, 0.4) is 0 Å². The predicted molar refractivity (Wildman–Crippen MR) is 99.3 cm³/mol. The van der Waals surface area contributed by atoms with E-state index in [0.29, 0.717) is 11.3 Å². The number of alkyl halides is 3. The predicted octanol–water partition coefficient (Wildman–Crippen LogP) is 4.68. The molecule has 0 aliphatic rings. The van der Waals surface area contributed by atoms with Crippen molar-refractivity contribution in [1.82, 2.24) is 9.78 Å². The highest BCUT2D eigenvalue weighted by molar-refractivity contribution is 6.07. The molecule has 146 valence electrons. The standard InChI is InChI=1S/C20H18F3N3O2/c1-12-10-13(8-9-17(12)28-3)14-6-4-5-7-16(14)24-19(27)15-11-26(2)25-18(15)20(21,22)23/h4-11H,1-3H3,(H,24,27). The van der Waals surface area contributed by atoms with Crippen LogP contribution in [0.2, 0.25) is 0 Å². The SMILES string of the molecule is COc1ccc(-c2ccccc2NC(=O)c2cn(C)nc2C(F)(F)F)cc1C. The molecule has 0 spiro atoms. The first-order chi connectivity index (χ1) is 13.2. The van der Waals surface area contributed by atoms with Crippen molar-refractivity contribution in [3.8, 4) is 16.9 Å². The van der Waals surface area contributed by atoms with Crippen LogP contribution in [-0.4, -0.2) is 22.8 Å². The number of aromatic nitrogens is 2. The molecule has 8 heteroatoms. The lowest BCUT2D eigenvalue weighted by Gasteiger charge is -2.13. The van der Waals surface area contributed by atoms with E-state index in [1.165, 1.54) is 7.05 Å². The average molecular weight is 389 g/mol. The van der Waals surface area contributed by atoms with E-state index in [1.54, 1.807) is 37.4 Å². The molecule has 0 unspecified atom stereocenters. The Kier molecular flexibility index (Phi) is 5.13. The number of nitrogens with one attached hydrogen (secondary N) is 1. The number of hydrogen-bond donors (Lipinski definition) is 1. The minimum Gasteiger partial charge on any atom is -0.496 e. The smallest absolute Gasteiger partial charge is 0.435 e. The fourth-order valence-corrected chi connectivity index (χ4v) is 2.94. The molecule has 3 aromatic rings. The Hall–Kier alpha value is -3.29. The van der Waals surface area contributed by atoms with Gasteiger partial charge in [-0.05, 0) is 36.2 Å². The summed E-state index contributed by atoms with van der Waals surface area (Å²) in [7, 11) is 2.91. The van der Waals surface area contributed by atoms with Crippen LogP contribution in [0.15, 0.2) is 48.7 Å². The van der Waals surface area contributed by atoms with Crippen molar-refractivity contribution in [3.05, 3.63) is 65.5 Å². The lowest BCUT2D eigenvalue weighted by atomic mass is 10.0. The van der Waals surface area contributed by atoms with Crippen LogP contribution in [0.1, 0.15) is 21.6 Å². The second-order valence-electron chi connectivity index (χ2n) is 6.25. The average Bonchev–Trinajstić information content (AvgIpc) is 3.04. The zero-order valence-electron chi connectivity index (χ0n) is 15.5. The van der Waals surface area contributed by atoms with Gasteiger partial charge in [0.2, 0.25) is 0 Å². The zero-order valence-corrected chi connectivity index (χ0v) is 15.5. The number of ether oxygens (including phenoxy) is 1. The molecule has 0 atom stereocenters. The minimum absolute atomic E-state index is 0.397. The number of rotatable bonds is 4. The van der Waals surface area contributed by atoms with Gasteiger partial charge in [-0.2, -0.15) is 18.3 Å². The number of methoxy groups -OCH3 is 1. The Labute approximate surface area is 159 Å². The number of para-hydroxylation sites is 1. The van der Waals surface area contributed by atoms with Gasteiger partial charge in [-0.15, -0.1) is 0 Å². The van der Waals surface area contributed by atoms with Gasteiger partial charge in [0.25, 0.3) is 5.91 Å². The second kappa shape index (κ2) is 7.38. The van der Waals surface area contributed by atoms with Crippen LogP contribution in [-0.2, 0) is 13.2 Å². The van der Waals surface area contributed by atoms with E-state index in [2.05, 4.69) is 10.4 Å². The highest BCUT2D eigenvalue weighted by Crippen LogP contribution is 2.33. The van der Waals surface area contributed by atoms with Gasteiger partial charge in [-0.25, -0.2) is 0 Å². The lowest BCUT2D eigenvalue weighted by molar-refractivity contribution is -0.141. The van der Waals surface area contributed by atoms with Crippen molar-refractivity contribution >= 4 is 11.6 Å². The maximum Gasteiger partial charge on any atom is 0.435 e. The van der Waals surface area contributed by atoms with Crippen LogP contribution >= 0.6 is 0 Å². The Bertz CT molecular complexity index is 1030. The van der Waals surface area contributed by atoms with Crippen molar-refractivity contribution in [2.45, 2.75) is 13.1 Å². The molecule has 1 aromatic heterocycles. The molecule has 0 radical (unpaired) electrons. The Morgan fingerprint density at radius 3 is 2.54 bits per heavy atom. The summed E-state index contributed by atoms with van der Waals surface area (Å²) in [6.45, 7) is 1.88. The molecule has 2 aromatic carbocycles. The number of hydrogen-bond acceptors (Lipinski definition) is 3. The minimum atomic E-state index is -4.72. The molecule has 0 aliphatic heterocycles. The first kappa shape index (κ1) is 19.5. The zero-order chi connectivity index (χ0) is 20.5. The van der Waals surface area contributed by atoms with Crippen molar-refractivity contribution in [2.75, 3.05) is 12.4 Å². The summed E-state index contributed by atoms with van der Waals surface area (Å²) in [4.78, 5) is 12.6. The molecule has 0 bridgehead atoms. The number of amides is 1. The van der Waals surface area contributed by atoms with E-state index in [-0.39, 0.29) is 0 Å². The summed E-state index contributed by atoms with van der Waals surface area (Å²) in [6.07, 6.45) is -3.67. The Morgan fingerprint density at radius 2 is 1.89 bits per heavy atom. The molecule has 1 heterocycles. The largest absolute Gasteiger partial charge is 0.496 e. The van der Waals surface area contributed by atoms with E-state index in [0.717, 1.165) is 27.8 Å². The topological polar surface area (TPSA) is 56.1 Å². The second-order valence-corrected chi connectivity index (χ2v) is 6.25. The van der Waals surface area contributed by atoms with Gasteiger partial charge in [0, 0.05) is 24.5 Å². The van der Waals surface area contributed by atoms with Crippen LogP contribution in [0.25, 0.3) is 11.1 Å². The monoisotopic (exact) mass is 389 g/mol. The van der Waals surface area contributed by atoms with Crippen molar-refractivity contribution in [2.24, 2.45) is 7.05 Å². The summed E-state index contributed by atoms with van der Waals surface area (Å²) >= 11 is 0. The number of carbonyl (C=O) groups excluding carboxylic acids is 1. The third-order valence-corrected chi connectivity index (χ3v) is 4.22. The molecule has 0 fully saturated rings. The van der Waals surface area contributed by atoms with Crippen LogP contribution in [0.4, 0.5) is 18.9 Å². The van der Waals surface area contributed by atoms with Gasteiger partial charge in [-0.3, -0.25) is 9.48 Å². The number of halogens is 3. The molecule has 1 amide bonds. The molecule has 5 nitrogen and oxygen atoms in total. The van der Waals surface area contributed by atoms with Crippen molar-refractivity contribution < 1.29 is 22.7 Å². The fourth-order valence-electron chi connectivity index (χ4n) is 2.94. The number of carbonyl (C=O) groups is 1. The van der Waals surface area contributed by atoms with E-state index in [1.807, 2.05) is 19.1 Å². The molecule has 0 aliphatic carbocycles. The van der Waals surface area contributed by atoms with Gasteiger partial charge in [0.1, 0.15) is 5.75 Å². The normalized spacial score (nSPS) is 11.4. The van der Waals surface area contributed by atoms with Crippen molar-refractivity contribution in [3.63, 3.8) is 0 Å². The summed E-state index contributed by atoms with van der Waals surface area (Å²) in [6, 6.07) is 12.4. The third kappa shape index (κ3) is 3.85. The lowest BCUT2D eigenvalue weighted by Crippen LogP contribution is -2.18. The van der Waals surface area contributed by atoms with E-state index >= 15 is 0 Å². The molecule has 3 rings (SSSR count). The van der Waals surface area contributed by atoms with Gasteiger partial charge in [-0.1, -0.05) is 24.3 Å². The molecule has 0 saturated heterocycles. The third-order valence-electron chi connectivity index (χ3n) is 4.22. The molecule has 0 saturated carbocycles. The van der Waals surface area contributed by atoms with Gasteiger partial charge >= 0.3 is 6.18 Å². The summed E-state index contributed by atoms with van der Waals surface area (Å²) < 4.78 is 45.7. The number of aryl methyl sites for hydroxylation is 2.